The first kappa shape index (κ1) is 18.7. The summed E-state index contributed by atoms with van der Waals surface area (Å²) in [5.74, 6) is 1.44. The van der Waals surface area contributed by atoms with Crippen LogP contribution < -0.4 is 9.46 Å². The Morgan fingerprint density at radius 2 is 1.86 bits per heavy atom. The van der Waals surface area contributed by atoms with E-state index in [0.717, 1.165) is 5.69 Å². The zero-order valence-corrected chi connectivity index (χ0v) is 16.2. The van der Waals surface area contributed by atoms with Gasteiger partial charge in [-0.1, -0.05) is 23.4 Å². The number of sulfonamides is 1. The molecule has 148 valence electrons. The van der Waals surface area contributed by atoms with Gasteiger partial charge in [-0.25, -0.2) is 13.1 Å². The van der Waals surface area contributed by atoms with E-state index in [1.54, 1.807) is 31.2 Å². The monoisotopic (exact) mass is 411 g/mol. The van der Waals surface area contributed by atoms with Crippen LogP contribution in [0.1, 0.15) is 11.7 Å². The van der Waals surface area contributed by atoms with Crippen molar-refractivity contribution in [1.29, 1.82) is 0 Å². The third-order valence-corrected chi connectivity index (χ3v) is 5.27. The average Bonchev–Trinajstić information content (AvgIpc) is 3.38. The highest BCUT2D eigenvalue weighted by Gasteiger charge is 2.17. The topological polar surface area (TPSA) is 112 Å². The number of para-hydroxylation sites is 1. The Morgan fingerprint density at radius 1 is 1.10 bits per heavy atom. The normalized spacial score (nSPS) is 11.3. The number of anilines is 1. The van der Waals surface area contributed by atoms with Crippen molar-refractivity contribution in [2.45, 2.75) is 18.4 Å². The van der Waals surface area contributed by atoms with Gasteiger partial charge in [0, 0.05) is 12.6 Å². The largest absolute Gasteiger partial charge is 0.485 e. The minimum atomic E-state index is -3.77. The van der Waals surface area contributed by atoms with E-state index in [2.05, 4.69) is 20.0 Å². The molecule has 0 spiro atoms. The number of aromatic nitrogens is 4. The standard InChI is InChI=1S/C19H17N5O4S/c1-14-21-19(22-28-14)13-27-17-9-7-15(8-10-17)23-29(25,26)18-11-20-24(12-18)16-5-3-2-4-6-16/h2-12,23H,13H2,1H3. The number of rotatable bonds is 7. The van der Waals surface area contributed by atoms with Gasteiger partial charge in [-0.15, -0.1) is 0 Å². The fourth-order valence-corrected chi connectivity index (χ4v) is 3.54. The zero-order valence-electron chi connectivity index (χ0n) is 15.4. The molecule has 10 heteroatoms. The van der Waals surface area contributed by atoms with Crippen molar-refractivity contribution >= 4 is 15.7 Å². The van der Waals surface area contributed by atoms with Gasteiger partial charge in [-0.2, -0.15) is 10.1 Å². The summed E-state index contributed by atoms with van der Waals surface area (Å²) in [6.45, 7) is 1.85. The van der Waals surface area contributed by atoms with Crippen LogP contribution in [0.3, 0.4) is 0 Å². The molecule has 0 amide bonds. The molecule has 0 saturated heterocycles. The van der Waals surface area contributed by atoms with Crippen LogP contribution >= 0.6 is 0 Å². The third-order valence-electron chi connectivity index (χ3n) is 3.93. The van der Waals surface area contributed by atoms with E-state index >= 15 is 0 Å². The van der Waals surface area contributed by atoms with Crippen LogP contribution in [0.15, 0.2) is 76.4 Å². The summed E-state index contributed by atoms with van der Waals surface area (Å²) >= 11 is 0. The molecular weight excluding hydrogens is 394 g/mol. The molecule has 2 aromatic heterocycles. The van der Waals surface area contributed by atoms with E-state index in [4.69, 9.17) is 9.26 Å². The number of aryl methyl sites for hydroxylation is 1. The summed E-state index contributed by atoms with van der Waals surface area (Å²) in [6, 6.07) is 15.8. The molecule has 0 atom stereocenters. The minimum absolute atomic E-state index is 0.0640. The van der Waals surface area contributed by atoms with Crippen molar-refractivity contribution in [3.63, 3.8) is 0 Å². The molecule has 2 heterocycles. The molecule has 2 aromatic carbocycles. The van der Waals surface area contributed by atoms with Gasteiger partial charge in [0.25, 0.3) is 10.0 Å². The van der Waals surface area contributed by atoms with Crippen molar-refractivity contribution in [3.05, 3.63) is 78.7 Å². The Kier molecular flexibility index (Phi) is 5.00. The molecule has 9 nitrogen and oxygen atoms in total. The highest BCUT2D eigenvalue weighted by atomic mass is 32.2. The number of nitrogens with zero attached hydrogens (tertiary/aromatic N) is 4. The molecule has 0 unspecified atom stereocenters. The molecule has 4 rings (SSSR count). The molecule has 1 N–H and O–H groups in total. The fraction of sp³-hybridized carbons (Fsp3) is 0.105. The molecule has 0 aliphatic heterocycles. The van der Waals surface area contributed by atoms with Gasteiger partial charge < -0.3 is 9.26 Å². The lowest BCUT2D eigenvalue weighted by Crippen LogP contribution is -2.12. The Hall–Kier alpha value is -3.66. The Morgan fingerprint density at radius 3 is 2.55 bits per heavy atom. The van der Waals surface area contributed by atoms with Crippen LogP contribution in [0.4, 0.5) is 5.69 Å². The number of nitrogens with one attached hydrogen (secondary N) is 1. The van der Waals surface area contributed by atoms with E-state index in [-0.39, 0.29) is 11.5 Å². The maximum Gasteiger partial charge on any atom is 0.265 e. The van der Waals surface area contributed by atoms with Crippen molar-refractivity contribution in [3.8, 4) is 11.4 Å². The molecule has 0 radical (unpaired) electrons. The number of hydrogen-bond acceptors (Lipinski definition) is 7. The Labute approximate surface area is 167 Å². The molecule has 0 bridgehead atoms. The van der Waals surface area contributed by atoms with E-state index in [1.165, 1.54) is 17.1 Å². The predicted molar refractivity (Wildman–Crippen MR) is 104 cm³/mol. The van der Waals surface area contributed by atoms with Gasteiger partial charge in [0.05, 0.1) is 18.1 Å². The second kappa shape index (κ2) is 7.76. The lowest BCUT2D eigenvalue weighted by molar-refractivity contribution is 0.286. The summed E-state index contributed by atoms with van der Waals surface area (Å²) in [5, 5.41) is 7.86. The number of ether oxygens (including phenoxy) is 1. The highest BCUT2D eigenvalue weighted by Crippen LogP contribution is 2.20. The summed E-state index contributed by atoms with van der Waals surface area (Å²) in [5.41, 5.74) is 1.17. The lowest BCUT2D eigenvalue weighted by atomic mass is 10.3. The van der Waals surface area contributed by atoms with Crippen LogP contribution in [0.5, 0.6) is 5.75 Å². The number of benzene rings is 2. The summed E-state index contributed by atoms with van der Waals surface area (Å²) in [6.07, 6.45) is 2.77. The van der Waals surface area contributed by atoms with Crippen molar-refractivity contribution in [2.75, 3.05) is 4.72 Å². The van der Waals surface area contributed by atoms with Crippen LogP contribution in [0, 0.1) is 6.92 Å². The molecule has 0 fully saturated rings. The first-order chi connectivity index (χ1) is 14.0. The maximum absolute atomic E-state index is 12.6. The van der Waals surface area contributed by atoms with E-state index in [9.17, 15) is 8.42 Å². The van der Waals surface area contributed by atoms with E-state index in [1.807, 2.05) is 30.3 Å². The van der Waals surface area contributed by atoms with Gasteiger partial charge >= 0.3 is 0 Å². The summed E-state index contributed by atoms with van der Waals surface area (Å²) in [4.78, 5) is 4.11. The second-order valence-corrected chi connectivity index (χ2v) is 7.79. The fourth-order valence-electron chi connectivity index (χ4n) is 2.55. The van der Waals surface area contributed by atoms with Crippen molar-refractivity contribution in [1.82, 2.24) is 19.9 Å². The minimum Gasteiger partial charge on any atom is -0.485 e. The van der Waals surface area contributed by atoms with Gasteiger partial charge in [-0.3, -0.25) is 4.72 Å². The van der Waals surface area contributed by atoms with Crippen LogP contribution in [0.2, 0.25) is 0 Å². The number of hydrogen-bond donors (Lipinski definition) is 1. The van der Waals surface area contributed by atoms with Gasteiger partial charge in [0.1, 0.15) is 10.6 Å². The van der Waals surface area contributed by atoms with Gasteiger partial charge in [0.2, 0.25) is 11.7 Å². The molecule has 4 aromatic rings. The lowest BCUT2D eigenvalue weighted by Gasteiger charge is -2.08. The van der Waals surface area contributed by atoms with Crippen LogP contribution in [0.25, 0.3) is 5.69 Å². The molecule has 0 aliphatic rings. The maximum atomic E-state index is 12.6. The Balaban J connectivity index is 1.42. The van der Waals surface area contributed by atoms with Crippen LogP contribution in [-0.2, 0) is 16.6 Å². The predicted octanol–water partition coefficient (Wildman–Crippen LogP) is 2.94. The second-order valence-electron chi connectivity index (χ2n) is 6.10. The van der Waals surface area contributed by atoms with E-state index in [0.29, 0.717) is 23.2 Å². The highest BCUT2D eigenvalue weighted by molar-refractivity contribution is 7.92. The third kappa shape index (κ3) is 4.43. The molecule has 0 saturated carbocycles. The average molecular weight is 411 g/mol. The molecule has 29 heavy (non-hydrogen) atoms. The van der Waals surface area contributed by atoms with Crippen molar-refractivity contribution < 1.29 is 17.7 Å². The summed E-state index contributed by atoms with van der Waals surface area (Å²) < 4.78 is 39.7. The molecule has 0 aliphatic carbocycles. The summed E-state index contributed by atoms with van der Waals surface area (Å²) in [7, 11) is -3.77. The SMILES string of the molecule is Cc1nc(COc2ccc(NS(=O)(=O)c3cnn(-c4ccccc4)c3)cc2)no1. The van der Waals surface area contributed by atoms with Gasteiger partial charge in [-0.05, 0) is 36.4 Å². The van der Waals surface area contributed by atoms with Gasteiger partial charge in [0.15, 0.2) is 6.61 Å². The zero-order chi connectivity index (χ0) is 20.3. The smallest absolute Gasteiger partial charge is 0.265 e. The quantitative estimate of drug-likeness (QED) is 0.497. The first-order valence-corrected chi connectivity index (χ1v) is 10.1. The van der Waals surface area contributed by atoms with E-state index < -0.39 is 10.0 Å². The first-order valence-electron chi connectivity index (χ1n) is 8.64. The van der Waals surface area contributed by atoms with Crippen molar-refractivity contribution in [2.24, 2.45) is 0 Å². The molecular formula is C19H17N5O4S. The Bertz CT molecular complexity index is 1200. The van der Waals surface area contributed by atoms with Crippen LogP contribution in [-0.4, -0.2) is 28.3 Å².